The van der Waals surface area contributed by atoms with Crippen molar-refractivity contribution >= 4 is 0 Å². The zero-order chi connectivity index (χ0) is 12.1. The predicted molar refractivity (Wildman–Crippen MR) is 70.0 cm³/mol. The molecule has 17 heavy (non-hydrogen) atoms. The molecule has 1 saturated heterocycles. The lowest BCUT2D eigenvalue weighted by Crippen LogP contribution is -2.36. The van der Waals surface area contributed by atoms with Crippen LogP contribution in [0, 0.1) is 5.92 Å². The second kappa shape index (κ2) is 6.01. The molecule has 2 heteroatoms. The number of rotatable bonds is 0. The van der Waals surface area contributed by atoms with Gasteiger partial charge in [-0.05, 0) is 31.8 Å². The van der Waals surface area contributed by atoms with Gasteiger partial charge in [0.2, 0.25) is 0 Å². The van der Waals surface area contributed by atoms with Gasteiger partial charge in [0.05, 0.1) is 18.8 Å². The molecule has 1 fully saturated rings. The monoisotopic (exact) mass is 238 g/mol. The highest BCUT2D eigenvalue weighted by Gasteiger charge is 2.37. The third-order valence-corrected chi connectivity index (χ3v) is 4.30. The van der Waals surface area contributed by atoms with E-state index in [0.717, 1.165) is 25.9 Å². The first-order valence-electron chi connectivity index (χ1n) is 7.19. The molecule has 1 N–H and O–H groups in total. The van der Waals surface area contributed by atoms with Crippen molar-refractivity contribution in [3.05, 3.63) is 11.6 Å². The molecule has 2 nitrogen and oxygen atoms in total. The van der Waals surface area contributed by atoms with E-state index in [-0.39, 0.29) is 5.92 Å². The Kier molecular flexibility index (Phi) is 4.63. The van der Waals surface area contributed by atoms with Crippen molar-refractivity contribution in [3.63, 3.8) is 0 Å². The zero-order valence-electron chi connectivity index (χ0n) is 11.1. The van der Waals surface area contributed by atoms with Gasteiger partial charge >= 0.3 is 0 Å². The van der Waals surface area contributed by atoms with Gasteiger partial charge in [0, 0.05) is 5.92 Å². The molecule has 0 aromatic heterocycles. The van der Waals surface area contributed by atoms with Gasteiger partial charge in [-0.3, -0.25) is 0 Å². The molecule has 0 aromatic rings. The molecule has 0 aromatic carbocycles. The lowest BCUT2D eigenvalue weighted by Gasteiger charge is -2.30. The summed E-state index contributed by atoms with van der Waals surface area (Å²) < 4.78 is 5.55. The lowest BCUT2D eigenvalue weighted by molar-refractivity contribution is -0.00577. The molecular formula is C15H26O2. The van der Waals surface area contributed by atoms with E-state index in [1.165, 1.54) is 37.7 Å². The Bertz CT molecular complexity index is 268. The third kappa shape index (κ3) is 3.56. The fourth-order valence-corrected chi connectivity index (χ4v) is 3.08. The summed E-state index contributed by atoms with van der Waals surface area (Å²) in [5.41, 5.74) is 0.775. The van der Waals surface area contributed by atoms with E-state index in [0.29, 0.717) is 6.61 Å². The van der Waals surface area contributed by atoms with Crippen molar-refractivity contribution in [1.82, 2.24) is 0 Å². The minimum atomic E-state index is -0.568. The van der Waals surface area contributed by atoms with Crippen LogP contribution in [0.4, 0.5) is 0 Å². The first-order chi connectivity index (χ1) is 8.20. The van der Waals surface area contributed by atoms with Crippen LogP contribution in [0.3, 0.4) is 0 Å². The van der Waals surface area contributed by atoms with Crippen LogP contribution in [0.5, 0.6) is 0 Å². The maximum Gasteiger partial charge on any atom is 0.0707 e. The van der Waals surface area contributed by atoms with Gasteiger partial charge in [0.1, 0.15) is 0 Å². The van der Waals surface area contributed by atoms with Crippen molar-refractivity contribution in [2.45, 2.75) is 63.9 Å². The molecule has 0 saturated carbocycles. The molecule has 2 aliphatic rings. The topological polar surface area (TPSA) is 29.5 Å². The van der Waals surface area contributed by atoms with E-state index in [9.17, 15) is 5.11 Å². The molecule has 0 radical (unpaired) electrons. The van der Waals surface area contributed by atoms with Crippen LogP contribution in [0.25, 0.3) is 0 Å². The first-order valence-corrected chi connectivity index (χ1v) is 7.19. The average Bonchev–Trinajstić information content (AvgIpc) is 2.74. The molecule has 1 aliphatic carbocycles. The zero-order valence-corrected chi connectivity index (χ0v) is 11.1. The Morgan fingerprint density at radius 3 is 2.71 bits per heavy atom. The third-order valence-electron chi connectivity index (χ3n) is 4.30. The Hall–Kier alpha value is -0.340. The minimum Gasteiger partial charge on any atom is -0.389 e. The second-order valence-electron chi connectivity index (χ2n) is 5.86. The van der Waals surface area contributed by atoms with Crippen molar-refractivity contribution in [1.29, 1.82) is 0 Å². The van der Waals surface area contributed by atoms with Gasteiger partial charge in [-0.15, -0.1) is 0 Å². The summed E-state index contributed by atoms with van der Waals surface area (Å²) >= 11 is 0. The van der Waals surface area contributed by atoms with E-state index in [4.69, 9.17) is 4.74 Å². The summed E-state index contributed by atoms with van der Waals surface area (Å²) in [5, 5.41) is 10.6. The summed E-state index contributed by atoms with van der Waals surface area (Å²) in [6, 6.07) is 0. The molecule has 0 amide bonds. The van der Waals surface area contributed by atoms with Crippen molar-refractivity contribution in [3.8, 4) is 0 Å². The van der Waals surface area contributed by atoms with Crippen molar-refractivity contribution in [2.24, 2.45) is 5.92 Å². The number of ether oxygens (including phenoxy) is 1. The van der Waals surface area contributed by atoms with Crippen LogP contribution in [-0.2, 0) is 4.74 Å². The molecule has 2 unspecified atom stereocenters. The maximum absolute atomic E-state index is 10.6. The predicted octanol–water partition coefficient (Wildman–Crippen LogP) is 3.44. The average molecular weight is 238 g/mol. The van der Waals surface area contributed by atoms with Crippen molar-refractivity contribution in [2.75, 3.05) is 13.2 Å². The van der Waals surface area contributed by atoms with Crippen LogP contribution in [0.2, 0.25) is 0 Å². The second-order valence-corrected chi connectivity index (χ2v) is 5.86. The fourth-order valence-electron chi connectivity index (χ4n) is 3.08. The van der Waals surface area contributed by atoms with E-state index in [1.807, 2.05) is 6.92 Å². The summed E-state index contributed by atoms with van der Waals surface area (Å²) in [4.78, 5) is 0. The largest absolute Gasteiger partial charge is 0.389 e. The molecule has 0 bridgehead atoms. The van der Waals surface area contributed by atoms with Gasteiger partial charge in [-0.2, -0.15) is 0 Å². The van der Waals surface area contributed by atoms with Gasteiger partial charge in [-0.25, -0.2) is 0 Å². The summed E-state index contributed by atoms with van der Waals surface area (Å²) in [5.74, 6) is 0.238. The van der Waals surface area contributed by atoms with Crippen LogP contribution < -0.4 is 0 Å². The standard InChI is InChI=1S/C15H26O2/c1-15(16)10-8-6-4-2-3-5-7-9-13-11-17-12-14(13)15/h9,14,16H,2-8,10-12H2,1H3. The molecule has 1 heterocycles. The molecule has 2 rings (SSSR count). The number of fused-ring (bicyclic) bond motifs is 1. The molecular weight excluding hydrogens is 212 g/mol. The van der Waals surface area contributed by atoms with E-state index in [2.05, 4.69) is 6.08 Å². The Morgan fingerprint density at radius 1 is 1.18 bits per heavy atom. The summed E-state index contributed by atoms with van der Waals surface area (Å²) in [6.07, 6.45) is 12.1. The van der Waals surface area contributed by atoms with Crippen LogP contribution >= 0.6 is 0 Å². The van der Waals surface area contributed by atoms with Crippen LogP contribution in [0.15, 0.2) is 11.6 Å². The summed E-state index contributed by atoms with van der Waals surface area (Å²) in [6.45, 7) is 3.44. The molecule has 2 atom stereocenters. The highest BCUT2D eigenvalue weighted by molar-refractivity contribution is 5.15. The SMILES string of the molecule is CC1(O)CCCCCCCCC=C2COCC21. The fraction of sp³-hybridized carbons (Fsp3) is 0.867. The number of hydrogen-bond donors (Lipinski definition) is 1. The van der Waals surface area contributed by atoms with Gasteiger partial charge in [0.15, 0.2) is 0 Å². The minimum absolute atomic E-state index is 0.238. The van der Waals surface area contributed by atoms with E-state index >= 15 is 0 Å². The van der Waals surface area contributed by atoms with Crippen LogP contribution in [-0.4, -0.2) is 23.9 Å². The lowest BCUT2D eigenvalue weighted by atomic mass is 9.80. The van der Waals surface area contributed by atoms with Gasteiger partial charge in [0.25, 0.3) is 0 Å². The van der Waals surface area contributed by atoms with E-state index in [1.54, 1.807) is 0 Å². The van der Waals surface area contributed by atoms with Gasteiger partial charge < -0.3 is 9.84 Å². The number of hydrogen-bond acceptors (Lipinski definition) is 2. The van der Waals surface area contributed by atoms with Crippen molar-refractivity contribution < 1.29 is 9.84 Å². The Labute approximate surface area is 105 Å². The number of aliphatic hydroxyl groups is 1. The Morgan fingerprint density at radius 2 is 1.88 bits per heavy atom. The first kappa shape index (κ1) is 13.1. The number of allylic oxidation sites excluding steroid dienone is 1. The smallest absolute Gasteiger partial charge is 0.0707 e. The molecule has 1 aliphatic heterocycles. The van der Waals surface area contributed by atoms with E-state index < -0.39 is 5.60 Å². The molecule has 98 valence electrons. The Balaban J connectivity index is 2.06. The maximum atomic E-state index is 10.6. The highest BCUT2D eigenvalue weighted by Crippen LogP contribution is 2.34. The normalized spacial score (nSPS) is 36.6. The molecule has 0 spiro atoms. The quantitative estimate of drug-likeness (QED) is 0.655. The van der Waals surface area contributed by atoms with Gasteiger partial charge in [-0.1, -0.05) is 38.2 Å². The van der Waals surface area contributed by atoms with Crippen LogP contribution in [0.1, 0.15) is 58.3 Å². The summed E-state index contributed by atoms with van der Waals surface area (Å²) in [7, 11) is 0. The highest BCUT2D eigenvalue weighted by atomic mass is 16.5.